The van der Waals surface area contributed by atoms with Gasteiger partial charge in [-0.2, -0.15) is 0 Å². The van der Waals surface area contributed by atoms with Crippen LogP contribution in [0.3, 0.4) is 0 Å². The molecule has 1 heterocycles. The number of carbonyl (C=O) groups excluding carboxylic acids is 1. The van der Waals surface area contributed by atoms with E-state index in [0.717, 1.165) is 36.9 Å². The molecule has 1 aliphatic heterocycles. The highest BCUT2D eigenvalue weighted by molar-refractivity contribution is 5.94. The van der Waals surface area contributed by atoms with Crippen molar-refractivity contribution in [3.05, 3.63) is 54.1 Å². The van der Waals surface area contributed by atoms with Gasteiger partial charge in [0.1, 0.15) is 23.9 Å². The Morgan fingerprint density at radius 1 is 0.929 bits per heavy atom. The molecular weight excluding hydrogens is 356 g/mol. The number of ether oxygens (including phenoxy) is 3. The highest BCUT2D eigenvalue weighted by atomic mass is 16.5. The highest BCUT2D eigenvalue weighted by Crippen LogP contribution is 2.18. The van der Waals surface area contributed by atoms with Crippen LogP contribution in [-0.2, 0) is 0 Å². The Kier molecular flexibility index (Phi) is 6.76. The standard InChI is InChI=1S/C22H28N2O4/c1-17-16-23(14-15-28-21-10-8-20(27-3)9-11-21)12-13-24(17)22(25)18-4-6-19(26-2)7-5-18/h4-11,17H,12-16H2,1-3H3. The molecule has 1 aliphatic rings. The molecule has 0 aliphatic carbocycles. The van der Waals surface area contributed by atoms with Gasteiger partial charge in [0.05, 0.1) is 14.2 Å². The Balaban J connectivity index is 1.46. The molecule has 1 fully saturated rings. The van der Waals surface area contributed by atoms with Crippen molar-refractivity contribution in [3.63, 3.8) is 0 Å². The van der Waals surface area contributed by atoms with E-state index in [1.165, 1.54) is 0 Å². The number of rotatable bonds is 7. The van der Waals surface area contributed by atoms with Gasteiger partial charge in [0.2, 0.25) is 0 Å². The Hall–Kier alpha value is -2.73. The zero-order chi connectivity index (χ0) is 19.9. The van der Waals surface area contributed by atoms with Crippen molar-refractivity contribution in [2.75, 3.05) is 47.0 Å². The third kappa shape index (κ3) is 4.95. The average Bonchev–Trinajstić information content (AvgIpc) is 2.74. The summed E-state index contributed by atoms with van der Waals surface area (Å²) in [5.74, 6) is 2.48. The number of carbonyl (C=O) groups is 1. The van der Waals surface area contributed by atoms with E-state index in [-0.39, 0.29) is 11.9 Å². The summed E-state index contributed by atoms with van der Waals surface area (Å²) in [4.78, 5) is 17.1. The molecule has 2 aromatic rings. The van der Waals surface area contributed by atoms with Gasteiger partial charge in [0.25, 0.3) is 5.91 Å². The van der Waals surface area contributed by atoms with Crippen LogP contribution in [0, 0.1) is 0 Å². The highest BCUT2D eigenvalue weighted by Gasteiger charge is 2.27. The molecule has 150 valence electrons. The van der Waals surface area contributed by atoms with Crippen molar-refractivity contribution in [2.45, 2.75) is 13.0 Å². The molecule has 3 rings (SSSR count). The van der Waals surface area contributed by atoms with E-state index in [2.05, 4.69) is 11.8 Å². The number of hydrogen-bond donors (Lipinski definition) is 0. The Labute approximate surface area is 166 Å². The van der Waals surface area contributed by atoms with Gasteiger partial charge in [-0.15, -0.1) is 0 Å². The molecule has 1 atom stereocenters. The average molecular weight is 384 g/mol. The summed E-state index contributed by atoms with van der Waals surface area (Å²) in [6.45, 7) is 5.95. The molecule has 2 aromatic carbocycles. The van der Waals surface area contributed by atoms with Gasteiger partial charge < -0.3 is 19.1 Å². The molecule has 0 N–H and O–H groups in total. The first-order valence-corrected chi connectivity index (χ1v) is 9.55. The van der Waals surface area contributed by atoms with Gasteiger partial charge in [-0.25, -0.2) is 0 Å². The molecular formula is C22H28N2O4. The number of piperazine rings is 1. The second kappa shape index (κ2) is 9.46. The first-order valence-electron chi connectivity index (χ1n) is 9.55. The zero-order valence-electron chi connectivity index (χ0n) is 16.8. The molecule has 1 unspecified atom stereocenters. The van der Waals surface area contributed by atoms with E-state index >= 15 is 0 Å². The lowest BCUT2D eigenvalue weighted by atomic mass is 10.1. The van der Waals surface area contributed by atoms with Crippen molar-refractivity contribution >= 4 is 5.91 Å². The van der Waals surface area contributed by atoms with Crippen molar-refractivity contribution in [1.29, 1.82) is 0 Å². The summed E-state index contributed by atoms with van der Waals surface area (Å²) in [6.07, 6.45) is 0. The lowest BCUT2D eigenvalue weighted by Crippen LogP contribution is -2.54. The number of benzene rings is 2. The van der Waals surface area contributed by atoms with Gasteiger partial charge in [0.15, 0.2) is 0 Å². The molecule has 0 radical (unpaired) electrons. The number of nitrogens with zero attached hydrogens (tertiary/aromatic N) is 2. The van der Waals surface area contributed by atoms with Gasteiger partial charge in [-0.1, -0.05) is 0 Å². The second-order valence-electron chi connectivity index (χ2n) is 6.90. The zero-order valence-corrected chi connectivity index (χ0v) is 16.8. The SMILES string of the molecule is COc1ccc(OCCN2CCN(C(=O)c3ccc(OC)cc3)C(C)C2)cc1. The Morgan fingerprint density at radius 3 is 2.07 bits per heavy atom. The fraction of sp³-hybridized carbons (Fsp3) is 0.409. The lowest BCUT2D eigenvalue weighted by molar-refractivity contribution is 0.0465. The van der Waals surface area contributed by atoms with Crippen LogP contribution in [0.2, 0.25) is 0 Å². The van der Waals surface area contributed by atoms with Crippen LogP contribution in [0.4, 0.5) is 0 Å². The van der Waals surface area contributed by atoms with Gasteiger partial charge in [-0.3, -0.25) is 9.69 Å². The van der Waals surface area contributed by atoms with E-state index in [1.807, 2.05) is 53.4 Å². The van der Waals surface area contributed by atoms with Crippen LogP contribution in [0.25, 0.3) is 0 Å². The summed E-state index contributed by atoms with van der Waals surface area (Å²) in [7, 11) is 3.27. The topological polar surface area (TPSA) is 51.2 Å². The predicted octanol–water partition coefficient (Wildman–Crippen LogP) is 2.93. The summed E-state index contributed by atoms with van der Waals surface area (Å²) in [5, 5.41) is 0. The van der Waals surface area contributed by atoms with Crippen LogP contribution >= 0.6 is 0 Å². The second-order valence-corrected chi connectivity index (χ2v) is 6.90. The first kappa shape index (κ1) is 20.0. The summed E-state index contributed by atoms with van der Waals surface area (Å²) in [6, 6.07) is 15.0. The number of hydrogen-bond acceptors (Lipinski definition) is 5. The number of amides is 1. The lowest BCUT2D eigenvalue weighted by Gasteiger charge is -2.39. The molecule has 6 heteroatoms. The quantitative estimate of drug-likeness (QED) is 0.735. The van der Waals surface area contributed by atoms with E-state index < -0.39 is 0 Å². The van der Waals surface area contributed by atoms with Gasteiger partial charge in [0, 0.05) is 37.8 Å². The molecule has 28 heavy (non-hydrogen) atoms. The molecule has 0 spiro atoms. The molecule has 0 bridgehead atoms. The summed E-state index contributed by atoms with van der Waals surface area (Å²) >= 11 is 0. The molecule has 1 saturated heterocycles. The maximum Gasteiger partial charge on any atom is 0.254 e. The van der Waals surface area contributed by atoms with Crippen molar-refractivity contribution in [3.8, 4) is 17.2 Å². The van der Waals surface area contributed by atoms with Crippen LogP contribution in [-0.4, -0.2) is 68.8 Å². The maximum absolute atomic E-state index is 12.8. The van der Waals surface area contributed by atoms with Crippen LogP contribution in [0.1, 0.15) is 17.3 Å². The minimum absolute atomic E-state index is 0.0734. The Morgan fingerprint density at radius 2 is 1.50 bits per heavy atom. The van der Waals surface area contributed by atoms with Crippen molar-refractivity contribution in [1.82, 2.24) is 9.80 Å². The summed E-state index contributed by atoms with van der Waals surface area (Å²) in [5.41, 5.74) is 0.698. The largest absolute Gasteiger partial charge is 0.497 e. The fourth-order valence-electron chi connectivity index (χ4n) is 3.40. The minimum atomic E-state index is 0.0734. The van der Waals surface area contributed by atoms with E-state index in [4.69, 9.17) is 14.2 Å². The third-order valence-corrected chi connectivity index (χ3v) is 5.05. The van der Waals surface area contributed by atoms with Gasteiger partial charge >= 0.3 is 0 Å². The monoisotopic (exact) mass is 384 g/mol. The summed E-state index contributed by atoms with van der Waals surface area (Å²) < 4.78 is 16.1. The third-order valence-electron chi connectivity index (χ3n) is 5.05. The molecule has 0 aromatic heterocycles. The maximum atomic E-state index is 12.8. The van der Waals surface area contributed by atoms with Crippen LogP contribution in [0.15, 0.2) is 48.5 Å². The fourth-order valence-corrected chi connectivity index (χ4v) is 3.40. The van der Waals surface area contributed by atoms with Crippen LogP contribution < -0.4 is 14.2 Å². The molecule has 0 saturated carbocycles. The predicted molar refractivity (Wildman–Crippen MR) is 108 cm³/mol. The minimum Gasteiger partial charge on any atom is -0.497 e. The van der Waals surface area contributed by atoms with Crippen molar-refractivity contribution in [2.24, 2.45) is 0 Å². The van der Waals surface area contributed by atoms with Gasteiger partial charge in [-0.05, 0) is 55.5 Å². The molecule has 6 nitrogen and oxygen atoms in total. The van der Waals surface area contributed by atoms with E-state index in [0.29, 0.717) is 18.7 Å². The van der Waals surface area contributed by atoms with E-state index in [1.54, 1.807) is 14.2 Å². The normalized spacial score (nSPS) is 17.2. The smallest absolute Gasteiger partial charge is 0.254 e. The van der Waals surface area contributed by atoms with Crippen LogP contribution in [0.5, 0.6) is 17.2 Å². The molecule has 1 amide bonds. The van der Waals surface area contributed by atoms with E-state index in [9.17, 15) is 4.79 Å². The first-order chi connectivity index (χ1) is 13.6. The van der Waals surface area contributed by atoms with Crippen molar-refractivity contribution < 1.29 is 19.0 Å². The Bertz CT molecular complexity index is 761. The number of methoxy groups -OCH3 is 2.